The van der Waals surface area contributed by atoms with Crippen LogP contribution in [0.2, 0.25) is 0 Å². The first kappa shape index (κ1) is 16.2. The van der Waals surface area contributed by atoms with Crippen molar-refractivity contribution < 1.29 is 0 Å². The van der Waals surface area contributed by atoms with E-state index >= 15 is 0 Å². The largest absolute Gasteiger partial charge is 0.0928 e. The van der Waals surface area contributed by atoms with E-state index in [2.05, 4.69) is 100 Å². The zero-order chi connectivity index (χ0) is 15.0. The predicted molar refractivity (Wildman–Crippen MR) is 105 cm³/mol. The fraction of sp³-hybridized carbons (Fsp3) is 0.294. The molecule has 1 aliphatic carbocycles. The number of fused-ring (bicyclic) bond motifs is 3. The molecular weight excluding hydrogens is 524 g/mol. The van der Waals surface area contributed by atoms with Gasteiger partial charge >= 0.3 is 0 Å². The number of rotatable bonds is 4. The number of benzene rings is 2. The van der Waals surface area contributed by atoms with Crippen LogP contribution in [0.5, 0.6) is 0 Å². The van der Waals surface area contributed by atoms with Gasteiger partial charge in [-0.05, 0) is 59.4 Å². The van der Waals surface area contributed by atoms with Crippen LogP contribution in [0.15, 0.2) is 45.3 Å². The average molecular weight is 538 g/mol. The van der Waals surface area contributed by atoms with Gasteiger partial charge in [0, 0.05) is 25.0 Å². The molecule has 2 aromatic rings. The van der Waals surface area contributed by atoms with Crippen molar-refractivity contribution in [2.45, 2.75) is 18.3 Å². The lowest BCUT2D eigenvalue weighted by Crippen LogP contribution is -2.26. The van der Waals surface area contributed by atoms with Crippen molar-refractivity contribution >= 4 is 63.7 Å². The minimum absolute atomic E-state index is 0.0885. The van der Waals surface area contributed by atoms with Crippen molar-refractivity contribution in [3.05, 3.63) is 56.5 Å². The SMILES string of the molecule is BrCCC1(CCBr)c2cc(Br)ccc2-c2ccc(Br)cc21. The first-order chi connectivity index (χ1) is 10.1. The van der Waals surface area contributed by atoms with Gasteiger partial charge in [0.15, 0.2) is 0 Å². The second-order valence-corrected chi connectivity index (χ2v) is 8.76. The highest BCUT2D eigenvalue weighted by Crippen LogP contribution is 2.54. The normalized spacial score (nSPS) is 14.9. The number of alkyl halides is 2. The molecule has 2 aromatic carbocycles. The molecule has 0 spiro atoms. The lowest BCUT2D eigenvalue weighted by Gasteiger charge is -2.31. The topological polar surface area (TPSA) is 0 Å². The first-order valence-electron chi connectivity index (χ1n) is 6.85. The second kappa shape index (κ2) is 6.46. The Hall–Kier alpha value is 0.360. The fourth-order valence-corrected chi connectivity index (χ4v) is 5.50. The van der Waals surface area contributed by atoms with E-state index in [1.165, 1.54) is 22.3 Å². The monoisotopic (exact) mass is 534 g/mol. The maximum absolute atomic E-state index is 3.67. The Kier molecular flexibility index (Phi) is 4.99. The van der Waals surface area contributed by atoms with Crippen molar-refractivity contribution in [2.75, 3.05) is 10.7 Å². The highest BCUT2D eigenvalue weighted by Gasteiger charge is 2.42. The first-order valence-corrected chi connectivity index (χ1v) is 10.7. The summed E-state index contributed by atoms with van der Waals surface area (Å²) in [5, 5.41) is 2.00. The molecule has 0 atom stereocenters. The summed E-state index contributed by atoms with van der Waals surface area (Å²) in [4.78, 5) is 0. The standard InChI is InChI=1S/C17H14Br4/c18-7-5-17(6-8-19)15-9-11(20)1-3-13(15)14-4-2-12(21)10-16(14)17/h1-4,9-10H,5-8H2. The van der Waals surface area contributed by atoms with Crippen molar-refractivity contribution in [1.29, 1.82) is 0 Å². The number of halogens is 4. The van der Waals surface area contributed by atoms with Crippen LogP contribution in [0.3, 0.4) is 0 Å². The zero-order valence-electron chi connectivity index (χ0n) is 11.3. The van der Waals surface area contributed by atoms with Gasteiger partial charge in [-0.25, -0.2) is 0 Å². The zero-order valence-corrected chi connectivity index (χ0v) is 17.6. The third-order valence-corrected chi connectivity index (χ3v) is 6.11. The van der Waals surface area contributed by atoms with Crippen LogP contribution >= 0.6 is 63.7 Å². The Labute approximate surface area is 159 Å². The maximum atomic E-state index is 3.67. The Balaban J connectivity index is 2.32. The van der Waals surface area contributed by atoms with Gasteiger partial charge < -0.3 is 0 Å². The molecule has 0 nitrogen and oxygen atoms in total. The number of hydrogen-bond acceptors (Lipinski definition) is 0. The summed E-state index contributed by atoms with van der Waals surface area (Å²) in [5.41, 5.74) is 5.74. The summed E-state index contributed by atoms with van der Waals surface area (Å²) in [5.74, 6) is 0. The van der Waals surface area contributed by atoms with Gasteiger partial charge in [0.2, 0.25) is 0 Å². The van der Waals surface area contributed by atoms with E-state index in [-0.39, 0.29) is 5.41 Å². The maximum Gasteiger partial charge on any atom is 0.0231 e. The molecule has 0 saturated heterocycles. The summed E-state index contributed by atoms with van der Waals surface area (Å²) in [7, 11) is 0. The smallest absolute Gasteiger partial charge is 0.0231 e. The second-order valence-electron chi connectivity index (χ2n) is 5.34. The summed E-state index contributed by atoms with van der Waals surface area (Å²) in [6, 6.07) is 13.4. The molecule has 0 N–H and O–H groups in total. The quantitative estimate of drug-likeness (QED) is 0.367. The molecule has 3 rings (SSSR count). The van der Waals surface area contributed by atoms with Gasteiger partial charge in [0.25, 0.3) is 0 Å². The molecule has 1 aliphatic rings. The lowest BCUT2D eigenvalue weighted by atomic mass is 9.74. The average Bonchev–Trinajstić information content (AvgIpc) is 2.70. The van der Waals surface area contributed by atoms with E-state index in [0.29, 0.717) is 0 Å². The Bertz CT molecular complexity index is 619. The minimum Gasteiger partial charge on any atom is -0.0928 e. The Morgan fingerprint density at radius 2 is 1.14 bits per heavy atom. The van der Waals surface area contributed by atoms with Crippen molar-refractivity contribution in [1.82, 2.24) is 0 Å². The fourth-order valence-electron chi connectivity index (χ4n) is 3.43. The lowest BCUT2D eigenvalue weighted by molar-refractivity contribution is 0.501. The third kappa shape index (κ3) is 2.71. The molecule has 0 unspecified atom stereocenters. The van der Waals surface area contributed by atoms with Gasteiger partial charge in [-0.3, -0.25) is 0 Å². The molecule has 0 bridgehead atoms. The molecule has 0 saturated carbocycles. The molecule has 0 radical (unpaired) electrons. The van der Waals surface area contributed by atoms with Crippen molar-refractivity contribution in [3.63, 3.8) is 0 Å². The summed E-state index contributed by atoms with van der Waals surface area (Å²) in [6.45, 7) is 0. The van der Waals surface area contributed by atoms with Gasteiger partial charge in [0.1, 0.15) is 0 Å². The molecule has 0 heterocycles. The van der Waals surface area contributed by atoms with E-state index in [0.717, 1.165) is 32.4 Å². The van der Waals surface area contributed by atoms with Gasteiger partial charge in [-0.1, -0.05) is 75.9 Å². The van der Waals surface area contributed by atoms with Gasteiger partial charge in [-0.15, -0.1) is 0 Å². The van der Waals surface area contributed by atoms with Crippen LogP contribution in [0.4, 0.5) is 0 Å². The highest BCUT2D eigenvalue weighted by atomic mass is 79.9. The number of hydrogen-bond donors (Lipinski definition) is 0. The Morgan fingerprint density at radius 3 is 1.52 bits per heavy atom. The molecule has 0 fully saturated rings. The Morgan fingerprint density at radius 1 is 0.714 bits per heavy atom. The van der Waals surface area contributed by atoms with E-state index in [1.54, 1.807) is 0 Å². The van der Waals surface area contributed by atoms with Crippen LogP contribution in [-0.4, -0.2) is 10.7 Å². The van der Waals surface area contributed by atoms with E-state index in [9.17, 15) is 0 Å². The molecule has 110 valence electrons. The van der Waals surface area contributed by atoms with Gasteiger partial charge in [0.05, 0.1) is 0 Å². The molecule has 0 aromatic heterocycles. The van der Waals surface area contributed by atoms with Crippen LogP contribution in [0, 0.1) is 0 Å². The van der Waals surface area contributed by atoms with E-state index < -0.39 is 0 Å². The van der Waals surface area contributed by atoms with E-state index in [1.807, 2.05) is 0 Å². The summed E-state index contributed by atoms with van der Waals surface area (Å²) in [6.07, 6.45) is 2.21. The summed E-state index contributed by atoms with van der Waals surface area (Å²) >= 11 is 14.6. The molecule has 0 aliphatic heterocycles. The minimum atomic E-state index is 0.0885. The van der Waals surface area contributed by atoms with Crippen LogP contribution in [-0.2, 0) is 5.41 Å². The van der Waals surface area contributed by atoms with E-state index in [4.69, 9.17) is 0 Å². The van der Waals surface area contributed by atoms with Crippen molar-refractivity contribution in [2.24, 2.45) is 0 Å². The highest BCUT2D eigenvalue weighted by molar-refractivity contribution is 9.11. The van der Waals surface area contributed by atoms with Crippen LogP contribution < -0.4 is 0 Å². The third-order valence-electron chi connectivity index (χ3n) is 4.33. The van der Waals surface area contributed by atoms with Crippen LogP contribution in [0.1, 0.15) is 24.0 Å². The predicted octanol–water partition coefficient (Wildman–Crippen LogP) is 7.05. The molecule has 0 amide bonds. The molecule has 4 heteroatoms. The van der Waals surface area contributed by atoms with Crippen molar-refractivity contribution in [3.8, 4) is 11.1 Å². The summed E-state index contributed by atoms with van der Waals surface area (Å²) < 4.78 is 2.31. The molecular formula is C17H14Br4. The molecule has 21 heavy (non-hydrogen) atoms. The van der Waals surface area contributed by atoms with Gasteiger partial charge in [-0.2, -0.15) is 0 Å². The van der Waals surface area contributed by atoms with Crippen LogP contribution in [0.25, 0.3) is 11.1 Å².